The summed E-state index contributed by atoms with van der Waals surface area (Å²) in [4.78, 5) is 11.4. The maximum Gasteiger partial charge on any atom is 0.490 e. The van der Waals surface area contributed by atoms with E-state index in [0.717, 1.165) is 75.5 Å². The van der Waals surface area contributed by atoms with E-state index in [0.29, 0.717) is 13.1 Å². The number of likely N-dealkylation sites (tertiary alicyclic amines) is 1. The van der Waals surface area contributed by atoms with E-state index in [1.807, 2.05) is 0 Å². The molecular formula is C27H40F5N3O4S. The van der Waals surface area contributed by atoms with E-state index in [9.17, 15) is 30.4 Å². The topological polar surface area (TPSA) is 90.0 Å². The normalized spacial score (nSPS) is 21.9. The van der Waals surface area contributed by atoms with Crippen LogP contribution in [0.1, 0.15) is 56.4 Å². The van der Waals surface area contributed by atoms with Gasteiger partial charge in [0.1, 0.15) is 11.6 Å². The van der Waals surface area contributed by atoms with E-state index >= 15 is 0 Å². The summed E-state index contributed by atoms with van der Waals surface area (Å²) in [5, 5.41) is 10.6. The van der Waals surface area contributed by atoms with Gasteiger partial charge in [0.05, 0.1) is 6.26 Å². The minimum absolute atomic E-state index is 0.0408. The van der Waals surface area contributed by atoms with Gasteiger partial charge in [-0.25, -0.2) is 26.3 Å². The lowest BCUT2D eigenvalue weighted by Crippen LogP contribution is -2.41. The highest BCUT2D eigenvalue weighted by atomic mass is 32.2. The fourth-order valence-electron chi connectivity index (χ4n) is 6.36. The molecule has 0 aromatic heterocycles. The van der Waals surface area contributed by atoms with Gasteiger partial charge in [-0.05, 0) is 119 Å². The van der Waals surface area contributed by atoms with E-state index in [4.69, 9.17) is 9.90 Å². The molecule has 3 saturated heterocycles. The molecule has 1 aromatic carbocycles. The molecule has 3 fully saturated rings. The lowest BCUT2D eigenvalue weighted by Gasteiger charge is -2.39. The second-order valence-electron chi connectivity index (χ2n) is 11.2. The first-order chi connectivity index (χ1) is 18.7. The third-order valence-corrected chi connectivity index (χ3v) is 9.83. The Balaban J connectivity index is 0.000000559. The van der Waals surface area contributed by atoms with Crippen molar-refractivity contribution < 1.29 is 40.3 Å². The summed E-state index contributed by atoms with van der Waals surface area (Å²) in [5.74, 6) is -1.87. The molecule has 0 saturated carbocycles. The number of halogens is 5. The van der Waals surface area contributed by atoms with Crippen LogP contribution in [0.15, 0.2) is 18.2 Å². The minimum atomic E-state index is -5.08. The van der Waals surface area contributed by atoms with Crippen LogP contribution in [-0.4, -0.2) is 86.9 Å². The van der Waals surface area contributed by atoms with Gasteiger partial charge >= 0.3 is 12.1 Å². The first-order valence-corrected chi connectivity index (χ1v) is 15.7. The predicted molar refractivity (Wildman–Crippen MR) is 141 cm³/mol. The number of nitrogens with one attached hydrogen (secondary N) is 1. The summed E-state index contributed by atoms with van der Waals surface area (Å²) < 4.78 is 85.2. The summed E-state index contributed by atoms with van der Waals surface area (Å²) >= 11 is 0. The smallest absolute Gasteiger partial charge is 0.475 e. The number of rotatable bonds is 7. The number of carbonyl (C=O) groups is 1. The molecule has 1 aromatic rings. The molecule has 0 amide bonds. The van der Waals surface area contributed by atoms with Crippen molar-refractivity contribution in [3.8, 4) is 0 Å². The molecule has 0 bridgehead atoms. The number of carboxylic acids is 1. The van der Waals surface area contributed by atoms with Gasteiger partial charge in [-0.1, -0.05) is 0 Å². The Morgan fingerprint density at radius 1 is 0.950 bits per heavy atom. The number of sulfonamides is 1. The summed E-state index contributed by atoms with van der Waals surface area (Å²) in [6.07, 6.45) is 3.56. The van der Waals surface area contributed by atoms with Gasteiger partial charge in [-0.3, -0.25) is 0 Å². The Morgan fingerprint density at radius 2 is 1.45 bits per heavy atom. The number of hydrogen-bond donors (Lipinski definition) is 2. The molecule has 0 aliphatic carbocycles. The first kappa shape index (κ1) is 32.7. The molecular weight excluding hydrogens is 557 g/mol. The third kappa shape index (κ3) is 9.92. The van der Waals surface area contributed by atoms with Gasteiger partial charge in [0.25, 0.3) is 0 Å². The zero-order chi connectivity index (χ0) is 29.5. The fraction of sp³-hybridized carbons (Fsp3) is 0.741. The van der Waals surface area contributed by atoms with Crippen molar-refractivity contribution in [3.63, 3.8) is 0 Å². The molecule has 228 valence electrons. The van der Waals surface area contributed by atoms with Crippen molar-refractivity contribution in [2.75, 3.05) is 52.1 Å². The molecule has 4 rings (SSSR count). The highest BCUT2D eigenvalue weighted by Gasteiger charge is 2.38. The molecule has 2 N–H and O–H groups in total. The molecule has 3 heterocycles. The van der Waals surface area contributed by atoms with Gasteiger partial charge in [0.2, 0.25) is 10.0 Å². The lowest BCUT2D eigenvalue weighted by molar-refractivity contribution is -0.192. The Kier molecular flexibility index (Phi) is 11.7. The largest absolute Gasteiger partial charge is 0.490 e. The second kappa shape index (κ2) is 14.4. The number of piperidine rings is 3. The van der Waals surface area contributed by atoms with Gasteiger partial charge in [0, 0.05) is 19.2 Å². The van der Waals surface area contributed by atoms with Crippen LogP contribution in [0.2, 0.25) is 0 Å². The monoisotopic (exact) mass is 597 g/mol. The average molecular weight is 598 g/mol. The number of aliphatic carboxylic acids is 1. The SMILES string of the molecule is CS(=O)(=O)N1CCC([C@@H](CCN2CCC(C3CCNCC3)CC2)c2cc(F)cc(F)c2)CC1.O=C(O)C(F)(F)F. The molecule has 0 unspecified atom stereocenters. The zero-order valence-electron chi connectivity index (χ0n) is 22.8. The van der Waals surface area contributed by atoms with Crippen LogP contribution >= 0.6 is 0 Å². The number of hydrogen-bond acceptors (Lipinski definition) is 5. The van der Waals surface area contributed by atoms with Crippen molar-refractivity contribution in [1.82, 2.24) is 14.5 Å². The van der Waals surface area contributed by atoms with Crippen LogP contribution in [0.3, 0.4) is 0 Å². The van der Waals surface area contributed by atoms with Gasteiger partial charge in [0.15, 0.2) is 0 Å². The van der Waals surface area contributed by atoms with Gasteiger partial charge < -0.3 is 15.3 Å². The molecule has 1 atom stereocenters. The Hall–Kier alpha value is -1.83. The Labute approximate surface area is 233 Å². The summed E-state index contributed by atoms with van der Waals surface area (Å²) in [6, 6.07) is 3.87. The van der Waals surface area contributed by atoms with Crippen LogP contribution in [0, 0.1) is 29.4 Å². The highest BCUT2D eigenvalue weighted by Crippen LogP contribution is 2.37. The molecule has 40 heavy (non-hydrogen) atoms. The first-order valence-electron chi connectivity index (χ1n) is 13.9. The molecule has 0 spiro atoms. The number of nitrogens with zero attached hydrogens (tertiary/aromatic N) is 2. The standard InChI is InChI=1S/C25H39F2N3O2S.C2HF3O2/c1-33(31,32)30-14-6-21(7-15-30)25(22-16-23(26)18-24(27)17-22)8-13-29-11-4-20(5-12-29)19-2-9-28-10-3-19;3-2(4,5)1(6)7/h16-21,25,28H,2-15H2,1H3;(H,6,7)/t25-;/m1./s1. The van der Waals surface area contributed by atoms with E-state index in [-0.39, 0.29) is 11.8 Å². The van der Waals surface area contributed by atoms with Crippen molar-refractivity contribution in [2.24, 2.45) is 17.8 Å². The minimum Gasteiger partial charge on any atom is -0.475 e. The highest BCUT2D eigenvalue weighted by molar-refractivity contribution is 7.88. The molecule has 3 aliphatic rings. The predicted octanol–water partition coefficient (Wildman–Crippen LogP) is 4.46. The molecule has 3 aliphatic heterocycles. The molecule has 13 heteroatoms. The average Bonchev–Trinajstić information content (AvgIpc) is 2.89. The number of carboxylic acid groups (broad SMARTS) is 1. The molecule has 7 nitrogen and oxygen atoms in total. The van der Waals surface area contributed by atoms with Crippen LogP contribution in [0.4, 0.5) is 22.0 Å². The van der Waals surface area contributed by atoms with Crippen LogP contribution < -0.4 is 5.32 Å². The zero-order valence-corrected chi connectivity index (χ0v) is 23.6. The van der Waals surface area contributed by atoms with Gasteiger partial charge in [-0.15, -0.1) is 0 Å². The van der Waals surface area contributed by atoms with E-state index in [2.05, 4.69) is 10.2 Å². The Morgan fingerprint density at radius 3 is 1.93 bits per heavy atom. The second-order valence-corrected chi connectivity index (χ2v) is 13.1. The van der Waals surface area contributed by atoms with Crippen LogP contribution in [0.5, 0.6) is 0 Å². The lowest BCUT2D eigenvalue weighted by atomic mass is 9.77. The van der Waals surface area contributed by atoms with Crippen molar-refractivity contribution in [3.05, 3.63) is 35.4 Å². The summed E-state index contributed by atoms with van der Waals surface area (Å²) in [5.41, 5.74) is 0.717. The fourth-order valence-corrected chi connectivity index (χ4v) is 7.23. The summed E-state index contributed by atoms with van der Waals surface area (Å²) in [7, 11) is -3.20. The van der Waals surface area contributed by atoms with Crippen molar-refractivity contribution >= 4 is 16.0 Å². The Bertz CT molecular complexity index is 1050. The maximum atomic E-state index is 14.0. The van der Waals surface area contributed by atoms with Gasteiger partial charge in [-0.2, -0.15) is 13.2 Å². The van der Waals surface area contributed by atoms with Crippen LogP contribution in [0.25, 0.3) is 0 Å². The van der Waals surface area contributed by atoms with Crippen molar-refractivity contribution in [1.29, 1.82) is 0 Å². The maximum absolute atomic E-state index is 14.0. The number of benzene rings is 1. The molecule has 0 radical (unpaired) electrons. The third-order valence-electron chi connectivity index (χ3n) is 8.53. The van der Waals surface area contributed by atoms with Crippen LogP contribution in [-0.2, 0) is 14.8 Å². The van der Waals surface area contributed by atoms with E-state index in [1.54, 1.807) is 0 Å². The van der Waals surface area contributed by atoms with E-state index < -0.39 is 33.8 Å². The number of alkyl halides is 3. The van der Waals surface area contributed by atoms with E-state index in [1.165, 1.54) is 48.4 Å². The quantitative estimate of drug-likeness (QED) is 0.452. The summed E-state index contributed by atoms with van der Waals surface area (Å²) in [6.45, 7) is 6.40. The van der Waals surface area contributed by atoms with Crippen molar-refractivity contribution in [2.45, 2.75) is 57.0 Å².